The quantitative estimate of drug-likeness (QED) is 0.205. The molecule has 0 spiro atoms. The fraction of sp³-hybridized carbons (Fsp3) is 0.533. The molecule has 0 aliphatic rings. The Morgan fingerprint density at radius 3 is 2.45 bits per heavy atom. The van der Waals surface area contributed by atoms with Gasteiger partial charge >= 0.3 is 0 Å². The van der Waals surface area contributed by atoms with Crippen LogP contribution in [0.3, 0.4) is 0 Å². The van der Waals surface area contributed by atoms with E-state index in [0.29, 0.717) is 15.7 Å². The number of alkyl halides is 2. The second-order valence-corrected chi connectivity index (χ2v) is 7.16. The number of hydrogen-bond acceptors (Lipinski definition) is 3. The molecule has 0 N–H and O–H groups in total. The van der Waals surface area contributed by atoms with Gasteiger partial charge in [-0.3, -0.25) is 4.79 Å². The van der Waals surface area contributed by atoms with Gasteiger partial charge in [-0.15, -0.1) is 5.11 Å². The molecule has 1 aromatic rings. The number of Topliss-reactive ketones (excluding diaryl/α,β-unsaturated/α-hetero) is 1. The van der Waals surface area contributed by atoms with Gasteiger partial charge in [0.1, 0.15) is 5.69 Å². The van der Waals surface area contributed by atoms with Gasteiger partial charge in [-0.05, 0) is 31.0 Å². The summed E-state index contributed by atoms with van der Waals surface area (Å²) < 4.78 is -1.89. The minimum atomic E-state index is -1.89. The molecule has 0 saturated heterocycles. The lowest BCUT2D eigenvalue weighted by molar-refractivity contribution is -0.119. The number of hydrogen-bond donors (Lipinski definition) is 0. The molecule has 3 nitrogen and oxygen atoms in total. The van der Waals surface area contributed by atoms with Crippen molar-refractivity contribution in [2.75, 3.05) is 0 Å². The van der Waals surface area contributed by atoms with Crippen LogP contribution in [0.1, 0.15) is 44.6 Å². The maximum Gasteiger partial charge on any atom is 0.286 e. The van der Waals surface area contributed by atoms with Gasteiger partial charge in [-0.2, -0.15) is 5.11 Å². The van der Waals surface area contributed by atoms with Crippen molar-refractivity contribution in [1.82, 2.24) is 0 Å². The first-order chi connectivity index (χ1) is 10.3. The zero-order chi connectivity index (χ0) is 16.8. The molecule has 0 amide bonds. The SMILES string of the molecule is CCCCCCC(=O)C(Cl)(Cl)/N=N/c1c(C)cc(Cl)cc1Cl. The van der Waals surface area contributed by atoms with Crippen molar-refractivity contribution < 1.29 is 4.79 Å². The predicted molar refractivity (Wildman–Crippen MR) is 93.9 cm³/mol. The van der Waals surface area contributed by atoms with Crippen LogP contribution in [-0.4, -0.2) is 10.2 Å². The Labute approximate surface area is 151 Å². The maximum absolute atomic E-state index is 12.0. The van der Waals surface area contributed by atoms with Gasteiger partial charge < -0.3 is 0 Å². The molecule has 0 aliphatic heterocycles. The van der Waals surface area contributed by atoms with Crippen molar-refractivity contribution in [2.24, 2.45) is 10.2 Å². The van der Waals surface area contributed by atoms with E-state index in [1.807, 2.05) is 0 Å². The number of rotatable bonds is 8. The second-order valence-electron chi connectivity index (χ2n) is 5.03. The summed E-state index contributed by atoms with van der Waals surface area (Å²) in [6.07, 6.45) is 4.15. The van der Waals surface area contributed by atoms with Crippen LogP contribution < -0.4 is 0 Å². The summed E-state index contributed by atoms with van der Waals surface area (Å²) in [7, 11) is 0. The molecule has 7 heteroatoms. The first-order valence-corrected chi connectivity index (χ1v) is 8.58. The lowest BCUT2D eigenvalue weighted by Crippen LogP contribution is -2.22. The van der Waals surface area contributed by atoms with E-state index in [1.54, 1.807) is 19.1 Å². The van der Waals surface area contributed by atoms with Crippen LogP contribution in [0.5, 0.6) is 0 Å². The average Bonchev–Trinajstić information content (AvgIpc) is 2.42. The molecule has 1 aromatic carbocycles. The third-order valence-electron chi connectivity index (χ3n) is 3.09. The van der Waals surface area contributed by atoms with E-state index in [0.717, 1.165) is 31.2 Å². The number of carbonyl (C=O) groups excluding carboxylic acids is 1. The molecule has 0 radical (unpaired) electrons. The number of benzene rings is 1. The molecule has 0 unspecified atom stereocenters. The van der Waals surface area contributed by atoms with Crippen LogP contribution in [0.25, 0.3) is 0 Å². The van der Waals surface area contributed by atoms with Crippen molar-refractivity contribution in [3.8, 4) is 0 Å². The summed E-state index contributed by atoms with van der Waals surface area (Å²) in [6, 6.07) is 3.24. The minimum Gasteiger partial charge on any atom is -0.294 e. The van der Waals surface area contributed by atoms with Gasteiger partial charge in [-0.25, -0.2) is 0 Å². The predicted octanol–water partition coefficient (Wildman–Crippen LogP) is 7.06. The second kappa shape index (κ2) is 9.07. The molecule has 0 aliphatic carbocycles. The van der Waals surface area contributed by atoms with Crippen molar-refractivity contribution in [2.45, 2.75) is 50.4 Å². The van der Waals surface area contributed by atoms with Crippen LogP contribution in [-0.2, 0) is 4.79 Å². The van der Waals surface area contributed by atoms with Gasteiger partial charge in [0.05, 0.1) is 5.02 Å². The number of ketones is 1. The zero-order valence-corrected chi connectivity index (χ0v) is 15.5. The molecular formula is C15H18Cl4N2O. The first-order valence-electron chi connectivity index (χ1n) is 7.07. The topological polar surface area (TPSA) is 41.8 Å². The number of nitrogens with zero attached hydrogens (tertiary/aromatic N) is 2. The molecule has 22 heavy (non-hydrogen) atoms. The third-order valence-corrected chi connectivity index (χ3v) is 4.17. The van der Waals surface area contributed by atoms with E-state index >= 15 is 0 Å². The summed E-state index contributed by atoms with van der Waals surface area (Å²) in [6.45, 7) is 3.88. The molecule has 122 valence electrons. The van der Waals surface area contributed by atoms with Gasteiger partial charge in [0.2, 0.25) is 0 Å². The summed E-state index contributed by atoms with van der Waals surface area (Å²) in [4.78, 5) is 12.0. The Hall–Kier alpha value is -0.350. The Morgan fingerprint density at radius 1 is 1.18 bits per heavy atom. The number of aryl methyl sites for hydroxylation is 1. The molecular weight excluding hydrogens is 366 g/mol. The summed E-state index contributed by atoms with van der Waals surface area (Å²) >= 11 is 23.9. The number of halogens is 4. The molecule has 0 fully saturated rings. The zero-order valence-electron chi connectivity index (χ0n) is 12.5. The van der Waals surface area contributed by atoms with E-state index in [2.05, 4.69) is 17.2 Å². The smallest absolute Gasteiger partial charge is 0.286 e. The molecule has 0 saturated carbocycles. The highest BCUT2D eigenvalue weighted by Gasteiger charge is 2.33. The van der Waals surface area contributed by atoms with E-state index in [-0.39, 0.29) is 12.2 Å². The van der Waals surface area contributed by atoms with E-state index < -0.39 is 4.46 Å². The highest BCUT2D eigenvalue weighted by Crippen LogP contribution is 2.35. The highest BCUT2D eigenvalue weighted by molar-refractivity contribution is 6.58. The summed E-state index contributed by atoms with van der Waals surface area (Å²) in [5, 5.41) is 8.51. The van der Waals surface area contributed by atoms with Gasteiger partial charge in [0.15, 0.2) is 5.78 Å². The Balaban J connectivity index is 2.77. The first kappa shape index (κ1) is 19.7. The van der Waals surface area contributed by atoms with Crippen molar-refractivity contribution >= 4 is 57.9 Å². The maximum atomic E-state index is 12.0. The van der Waals surface area contributed by atoms with E-state index in [1.165, 1.54) is 0 Å². The minimum absolute atomic E-state index is 0.277. The lowest BCUT2D eigenvalue weighted by Gasteiger charge is -2.12. The molecule has 0 atom stereocenters. The van der Waals surface area contributed by atoms with Crippen molar-refractivity contribution in [3.63, 3.8) is 0 Å². The monoisotopic (exact) mass is 382 g/mol. The summed E-state index contributed by atoms with van der Waals surface area (Å²) in [5.74, 6) is -0.363. The molecule has 1 rings (SSSR count). The van der Waals surface area contributed by atoms with E-state index in [9.17, 15) is 4.79 Å². The molecule has 0 heterocycles. The fourth-order valence-corrected chi connectivity index (χ4v) is 2.75. The average molecular weight is 384 g/mol. The molecule has 0 aromatic heterocycles. The van der Waals surface area contributed by atoms with Gasteiger partial charge in [0, 0.05) is 11.4 Å². The summed E-state index contributed by atoms with van der Waals surface area (Å²) in [5.41, 5.74) is 1.12. The van der Waals surface area contributed by atoms with E-state index in [4.69, 9.17) is 46.4 Å². The van der Waals surface area contributed by atoms with Gasteiger partial charge in [-0.1, -0.05) is 72.6 Å². The Kier molecular flexibility index (Phi) is 8.12. The van der Waals surface area contributed by atoms with Crippen LogP contribution in [0, 0.1) is 6.92 Å². The number of unbranched alkanes of at least 4 members (excludes halogenated alkanes) is 3. The fourth-order valence-electron chi connectivity index (χ4n) is 1.85. The third kappa shape index (κ3) is 6.04. The largest absolute Gasteiger partial charge is 0.294 e. The number of carbonyl (C=O) groups is 1. The lowest BCUT2D eigenvalue weighted by atomic mass is 10.1. The van der Waals surface area contributed by atoms with Crippen LogP contribution in [0.2, 0.25) is 10.0 Å². The Morgan fingerprint density at radius 2 is 1.86 bits per heavy atom. The Bertz CT molecular complexity index is 535. The van der Waals surface area contributed by atoms with Gasteiger partial charge in [0.25, 0.3) is 4.46 Å². The number of azo groups is 1. The van der Waals surface area contributed by atoms with Crippen LogP contribution >= 0.6 is 46.4 Å². The standard InChI is InChI=1S/C15H18Cl4N2O/c1-3-4-5-6-7-13(22)15(18,19)21-20-14-10(2)8-11(16)9-12(14)17/h8-9H,3-7H2,1-2H3/b21-20+. The normalized spacial score (nSPS) is 12.1. The molecule has 0 bridgehead atoms. The van der Waals surface area contributed by atoms with Crippen molar-refractivity contribution in [3.05, 3.63) is 27.7 Å². The van der Waals surface area contributed by atoms with Crippen molar-refractivity contribution in [1.29, 1.82) is 0 Å². The highest BCUT2D eigenvalue weighted by atomic mass is 35.5. The van der Waals surface area contributed by atoms with Crippen LogP contribution in [0.15, 0.2) is 22.4 Å². The van der Waals surface area contributed by atoms with Crippen LogP contribution in [0.4, 0.5) is 5.69 Å².